The Morgan fingerprint density at radius 1 is 0.793 bits per heavy atom. The highest BCUT2D eigenvalue weighted by molar-refractivity contribution is 5.85. The fourth-order valence-corrected chi connectivity index (χ4v) is 3.18. The number of fused-ring (bicyclic) bond motifs is 1. The van der Waals surface area contributed by atoms with Crippen LogP contribution in [0, 0.1) is 0 Å². The Labute approximate surface area is 168 Å². The number of rotatable bonds is 6. The summed E-state index contributed by atoms with van der Waals surface area (Å²) < 4.78 is 16.6. The molecule has 0 fully saturated rings. The topological polar surface area (TPSA) is 79.5 Å². The average Bonchev–Trinajstić information content (AvgIpc) is 2.78. The van der Waals surface area contributed by atoms with Gasteiger partial charge in [0.1, 0.15) is 17.8 Å². The molecule has 0 saturated heterocycles. The molecule has 1 heterocycles. The van der Waals surface area contributed by atoms with Gasteiger partial charge in [-0.15, -0.1) is 0 Å². The van der Waals surface area contributed by atoms with Crippen LogP contribution in [0.5, 0.6) is 23.0 Å². The molecule has 0 aliphatic carbocycles. The van der Waals surface area contributed by atoms with Gasteiger partial charge in [0.05, 0.1) is 31.5 Å². The molecule has 4 rings (SSSR count). The molecule has 0 aliphatic heterocycles. The van der Waals surface area contributed by atoms with Gasteiger partial charge >= 0.3 is 0 Å². The minimum Gasteiger partial charge on any atom is -0.493 e. The van der Waals surface area contributed by atoms with Crippen molar-refractivity contribution in [1.82, 2.24) is 9.97 Å². The van der Waals surface area contributed by atoms with E-state index < -0.39 is 6.04 Å². The SMILES string of the molecule is COc1cc2ncnc([C@H](N)c3ccc(Oc4ccccc4)cc3)c2cc1OC. The molecule has 4 aromatic rings. The maximum Gasteiger partial charge on any atom is 0.162 e. The predicted octanol–water partition coefficient (Wildman–Crippen LogP) is 4.49. The van der Waals surface area contributed by atoms with Gasteiger partial charge in [0.15, 0.2) is 11.5 Å². The van der Waals surface area contributed by atoms with Crippen molar-refractivity contribution in [2.24, 2.45) is 5.73 Å². The van der Waals surface area contributed by atoms with E-state index in [-0.39, 0.29) is 0 Å². The summed E-state index contributed by atoms with van der Waals surface area (Å²) in [6.07, 6.45) is 1.51. The van der Waals surface area contributed by atoms with Crippen molar-refractivity contribution in [2.45, 2.75) is 6.04 Å². The monoisotopic (exact) mass is 387 g/mol. The summed E-state index contributed by atoms with van der Waals surface area (Å²) in [6, 6.07) is 20.6. The molecule has 1 atom stereocenters. The number of nitrogens with zero attached hydrogens (tertiary/aromatic N) is 2. The minimum absolute atomic E-state index is 0.427. The number of ether oxygens (including phenoxy) is 3. The quantitative estimate of drug-likeness (QED) is 0.525. The molecule has 6 heteroatoms. The zero-order valence-corrected chi connectivity index (χ0v) is 16.2. The van der Waals surface area contributed by atoms with E-state index in [0.29, 0.717) is 17.2 Å². The molecule has 2 N–H and O–H groups in total. The highest BCUT2D eigenvalue weighted by Crippen LogP contribution is 2.34. The summed E-state index contributed by atoms with van der Waals surface area (Å²) in [5.41, 5.74) is 8.92. The Balaban J connectivity index is 1.65. The fraction of sp³-hybridized carbons (Fsp3) is 0.130. The second-order valence-corrected chi connectivity index (χ2v) is 6.45. The molecular formula is C23H21N3O3. The molecule has 3 aromatic carbocycles. The maximum atomic E-state index is 6.54. The van der Waals surface area contributed by atoms with E-state index in [1.54, 1.807) is 14.2 Å². The average molecular weight is 387 g/mol. The third-order valence-electron chi connectivity index (χ3n) is 4.68. The van der Waals surface area contributed by atoms with E-state index in [1.165, 1.54) is 6.33 Å². The van der Waals surface area contributed by atoms with Gasteiger partial charge in [-0.1, -0.05) is 30.3 Å². The molecule has 0 bridgehead atoms. The molecular weight excluding hydrogens is 366 g/mol. The molecule has 0 radical (unpaired) electrons. The number of aromatic nitrogens is 2. The molecule has 0 aliphatic rings. The van der Waals surface area contributed by atoms with Crippen molar-refractivity contribution in [3.63, 3.8) is 0 Å². The lowest BCUT2D eigenvalue weighted by Gasteiger charge is -2.16. The van der Waals surface area contributed by atoms with Gasteiger partial charge in [-0.05, 0) is 35.9 Å². The van der Waals surface area contributed by atoms with E-state index in [0.717, 1.165) is 28.0 Å². The first kappa shape index (κ1) is 18.7. The normalized spacial score (nSPS) is 11.8. The molecule has 0 amide bonds. The zero-order valence-electron chi connectivity index (χ0n) is 16.2. The van der Waals surface area contributed by atoms with Gasteiger partial charge in [0.2, 0.25) is 0 Å². The van der Waals surface area contributed by atoms with E-state index in [2.05, 4.69) is 9.97 Å². The number of benzene rings is 3. The Hall–Kier alpha value is -3.64. The van der Waals surface area contributed by atoms with Crippen LogP contribution in [0.4, 0.5) is 0 Å². The minimum atomic E-state index is -0.427. The fourth-order valence-electron chi connectivity index (χ4n) is 3.18. The standard InChI is InChI=1S/C23H21N3O3/c1-27-20-12-18-19(13-21(20)28-2)25-14-26-23(18)22(24)15-8-10-17(11-9-15)29-16-6-4-3-5-7-16/h3-14,22H,24H2,1-2H3/t22-/m1/s1. The lowest BCUT2D eigenvalue weighted by molar-refractivity contribution is 0.355. The van der Waals surface area contributed by atoms with Crippen molar-refractivity contribution in [3.05, 3.63) is 84.3 Å². The Morgan fingerprint density at radius 3 is 2.14 bits per heavy atom. The van der Waals surface area contributed by atoms with E-state index in [9.17, 15) is 0 Å². The van der Waals surface area contributed by atoms with Gasteiger partial charge < -0.3 is 19.9 Å². The van der Waals surface area contributed by atoms with Gasteiger partial charge in [0, 0.05) is 11.5 Å². The first-order chi connectivity index (χ1) is 14.2. The molecule has 6 nitrogen and oxygen atoms in total. The predicted molar refractivity (Wildman–Crippen MR) is 112 cm³/mol. The van der Waals surface area contributed by atoms with Crippen LogP contribution in [0.15, 0.2) is 73.1 Å². The number of hydrogen-bond acceptors (Lipinski definition) is 6. The van der Waals surface area contributed by atoms with Gasteiger partial charge in [-0.25, -0.2) is 9.97 Å². The highest BCUT2D eigenvalue weighted by Gasteiger charge is 2.17. The van der Waals surface area contributed by atoms with E-state index >= 15 is 0 Å². The van der Waals surface area contributed by atoms with E-state index in [1.807, 2.05) is 66.7 Å². The summed E-state index contributed by atoms with van der Waals surface area (Å²) in [5, 5.41) is 0.822. The smallest absolute Gasteiger partial charge is 0.162 e. The van der Waals surface area contributed by atoms with Crippen LogP contribution in [-0.2, 0) is 0 Å². The lowest BCUT2D eigenvalue weighted by atomic mass is 10.0. The summed E-state index contributed by atoms with van der Waals surface area (Å²) in [4.78, 5) is 8.78. The number of methoxy groups -OCH3 is 2. The van der Waals surface area contributed by atoms with Crippen LogP contribution in [0.1, 0.15) is 17.3 Å². The van der Waals surface area contributed by atoms with Crippen molar-refractivity contribution < 1.29 is 14.2 Å². The summed E-state index contributed by atoms with van der Waals surface area (Å²) in [6.45, 7) is 0. The van der Waals surface area contributed by atoms with Crippen LogP contribution < -0.4 is 19.9 Å². The molecule has 1 aromatic heterocycles. The molecule has 0 unspecified atom stereocenters. The second kappa shape index (κ2) is 8.16. The maximum absolute atomic E-state index is 6.54. The Kier molecular flexibility index (Phi) is 5.27. The van der Waals surface area contributed by atoms with E-state index in [4.69, 9.17) is 19.9 Å². The van der Waals surface area contributed by atoms with Gasteiger partial charge in [-0.2, -0.15) is 0 Å². The van der Waals surface area contributed by atoms with Crippen molar-refractivity contribution in [2.75, 3.05) is 14.2 Å². The number of para-hydroxylation sites is 1. The number of hydrogen-bond donors (Lipinski definition) is 1. The number of nitrogens with two attached hydrogens (primary N) is 1. The van der Waals surface area contributed by atoms with Crippen molar-refractivity contribution in [3.8, 4) is 23.0 Å². The van der Waals surface area contributed by atoms with Gasteiger partial charge in [0.25, 0.3) is 0 Å². The first-order valence-electron chi connectivity index (χ1n) is 9.14. The Morgan fingerprint density at radius 2 is 1.45 bits per heavy atom. The zero-order chi connectivity index (χ0) is 20.2. The van der Waals surface area contributed by atoms with Crippen LogP contribution in [-0.4, -0.2) is 24.2 Å². The summed E-state index contributed by atoms with van der Waals surface area (Å²) >= 11 is 0. The highest BCUT2D eigenvalue weighted by atomic mass is 16.5. The van der Waals surface area contributed by atoms with Crippen LogP contribution in [0.25, 0.3) is 10.9 Å². The van der Waals surface area contributed by atoms with Crippen LogP contribution >= 0.6 is 0 Å². The third-order valence-corrected chi connectivity index (χ3v) is 4.68. The first-order valence-corrected chi connectivity index (χ1v) is 9.14. The summed E-state index contributed by atoms with van der Waals surface area (Å²) in [5.74, 6) is 2.74. The molecule has 29 heavy (non-hydrogen) atoms. The largest absolute Gasteiger partial charge is 0.493 e. The lowest BCUT2D eigenvalue weighted by Crippen LogP contribution is -2.14. The van der Waals surface area contributed by atoms with Crippen LogP contribution in [0.3, 0.4) is 0 Å². The van der Waals surface area contributed by atoms with Crippen molar-refractivity contribution >= 4 is 10.9 Å². The molecule has 146 valence electrons. The third kappa shape index (κ3) is 3.83. The molecule has 0 saturated carbocycles. The van der Waals surface area contributed by atoms with Crippen molar-refractivity contribution in [1.29, 1.82) is 0 Å². The van der Waals surface area contributed by atoms with Gasteiger partial charge in [-0.3, -0.25) is 0 Å². The summed E-state index contributed by atoms with van der Waals surface area (Å²) in [7, 11) is 3.19. The van der Waals surface area contributed by atoms with Crippen LogP contribution in [0.2, 0.25) is 0 Å². The Bertz CT molecular complexity index is 1120. The second-order valence-electron chi connectivity index (χ2n) is 6.45. The molecule has 0 spiro atoms.